The van der Waals surface area contributed by atoms with Crippen molar-refractivity contribution in [3.63, 3.8) is 0 Å². The van der Waals surface area contributed by atoms with E-state index in [4.69, 9.17) is 0 Å². The second-order valence-corrected chi connectivity index (χ2v) is 17.5. The van der Waals surface area contributed by atoms with Crippen LogP contribution in [0.25, 0.3) is 0 Å². The molecule has 4 atom stereocenters. The van der Waals surface area contributed by atoms with Crippen LogP contribution in [0.4, 0.5) is 9.59 Å². The highest BCUT2D eigenvalue weighted by atomic mass is 16.2. The first kappa shape index (κ1) is 36.9. The number of hydrogen-bond donors (Lipinski definition) is 4. The standard InChI is InChI=1S/C45H66N6O2/c52-44(48-34-18-14-32(15-19-34)26-30-50-40-22-23-41(50)37-11-5-4-10-36(37)40)46-28-8-2-1-3-9-29-47-45(53)49-35-20-16-33(17-21-35)27-31-51-42-24-25-43(51)39-13-7-6-12-38(39)42/h4-7,10-13,32-35,40-43H,1-3,8-9,14-31H2,(H2,46,48,52)(H2,47,49,53)/t32?,33?,34?,35?,40-,41+,42-,43?/m1/s1. The van der Waals surface area contributed by atoms with Crippen molar-refractivity contribution in [1.29, 1.82) is 0 Å². The molecule has 2 saturated heterocycles. The van der Waals surface area contributed by atoms with Crippen molar-refractivity contribution in [3.8, 4) is 0 Å². The van der Waals surface area contributed by atoms with Gasteiger partial charge in [-0.2, -0.15) is 0 Å². The third-order valence-electron chi connectivity index (χ3n) is 14.3. The Labute approximate surface area is 319 Å². The van der Waals surface area contributed by atoms with Crippen molar-refractivity contribution in [2.24, 2.45) is 11.8 Å². The van der Waals surface area contributed by atoms with Gasteiger partial charge in [0.15, 0.2) is 0 Å². The molecule has 53 heavy (non-hydrogen) atoms. The Morgan fingerprint density at radius 2 is 0.811 bits per heavy atom. The average Bonchev–Trinajstić information content (AvgIpc) is 3.95. The number of fused-ring (bicyclic) bond motifs is 10. The molecule has 8 rings (SSSR count). The molecule has 6 aliphatic rings. The van der Waals surface area contributed by atoms with E-state index in [1.54, 1.807) is 22.3 Å². The molecule has 0 radical (unpaired) electrons. The minimum Gasteiger partial charge on any atom is -0.338 e. The first-order valence-corrected chi connectivity index (χ1v) is 21.9. The van der Waals surface area contributed by atoms with Crippen LogP contribution >= 0.6 is 0 Å². The Kier molecular flexibility index (Phi) is 12.2. The van der Waals surface area contributed by atoms with Gasteiger partial charge in [-0.15, -0.1) is 0 Å². The smallest absolute Gasteiger partial charge is 0.315 e. The highest BCUT2D eigenvalue weighted by molar-refractivity contribution is 5.74. The zero-order chi connectivity index (χ0) is 36.0. The van der Waals surface area contributed by atoms with E-state index in [9.17, 15) is 9.59 Å². The Morgan fingerprint density at radius 3 is 1.17 bits per heavy atom. The summed E-state index contributed by atoms with van der Waals surface area (Å²) in [6, 6.07) is 21.4. The fourth-order valence-electron chi connectivity index (χ4n) is 11.4. The van der Waals surface area contributed by atoms with E-state index in [0.717, 1.165) is 82.7 Å². The van der Waals surface area contributed by atoms with Crippen molar-refractivity contribution < 1.29 is 9.59 Å². The molecule has 2 aliphatic carbocycles. The van der Waals surface area contributed by atoms with Gasteiger partial charge in [0.25, 0.3) is 0 Å². The van der Waals surface area contributed by atoms with Crippen LogP contribution < -0.4 is 21.3 Å². The van der Waals surface area contributed by atoms with Crippen LogP contribution in [0.2, 0.25) is 0 Å². The third kappa shape index (κ3) is 8.75. The monoisotopic (exact) mass is 723 g/mol. The van der Waals surface area contributed by atoms with Crippen LogP contribution in [0.3, 0.4) is 0 Å². The van der Waals surface area contributed by atoms with Gasteiger partial charge in [-0.3, -0.25) is 9.80 Å². The summed E-state index contributed by atoms with van der Waals surface area (Å²) in [6.07, 6.45) is 22.6. The lowest BCUT2D eigenvalue weighted by Crippen LogP contribution is -2.44. The summed E-state index contributed by atoms with van der Waals surface area (Å²) in [5.41, 5.74) is 6.34. The molecule has 2 aromatic rings. The Balaban J connectivity index is 0.596. The lowest BCUT2D eigenvalue weighted by Gasteiger charge is -2.31. The van der Waals surface area contributed by atoms with E-state index < -0.39 is 0 Å². The van der Waals surface area contributed by atoms with Gasteiger partial charge < -0.3 is 21.3 Å². The van der Waals surface area contributed by atoms with E-state index in [-0.39, 0.29) is 12.1 Å². The molecular weight excluding hydrogens is 657 g/mol. The number of nitrogens with zero attached hydrogens (tertiary/aromatic N) is 2. The van der Waals surface area contributed by atoms with E-state index in [2.05, 4.69) is 79.6 Å². The molecule has 0 spiro atoms. The Bertz CT molecular complexity index is 1340. The Morgan fingerprint density at radius 1 is 0.472 bits per heavy atom. The van der Waals surface area contributed by atoms with Gasteiger partial charge in [0.2, 0.25) is 0 Å². The average molecular weight is 723 g/mol. The van der Waals surface area contributed by atoms with Gasteiger partial charge in [-0.1, -0.05) is 67.8 Å². The van der Waals surface area contributed by atoms with Crippen molar-refractivity contribution >= 4 is 12.1 Å². The normalized spacial score (nSPS) is 30.2. The molecule has 0 aromatic heterocycles. The molecule has 4 aliphatic heterocycles. The molecule has 4 bridgehead atoms. The number of unbranched alkanes of at least 4 members (excludes halogenated alkanes) is 4. The van der Waals surface area contributed by atoms with Crippen LogP contribution in [-0.4, -0.2) is 60.1 Å². The maximum atomic E-state index is 12.5. The van der Waals surface area contributed by atoms with E-state index in [1.165, 1.54) is 77.3 Å². The number of urea groups is 2. The minimum absolute atomic E-state index is 0.00341. The fraction of sp³-hybridized carbons (Fsp3) is 0.689. The summed E-state index contributed by atoms with van der Waals surface area (Å²) in [6.45, 7) is 3.91. The highest BCUT2D eigenvalue weighted by Gasteiger charge is 2.44. The van der Waals surface area contributed by atoms with E-state index in [1.807, 2.05) is 0 Å². The molecule has 288 valence electrons. The number of nitrogens with one attached hydrogen (secondary N) is 4. The van der Waals surface area contributed by atoms with Crippen LogP contribution in [0.5, 0.6) is 0 Å². The van der Waals surface area contributed by atoms with Gasteiger partial charge in [0.05, 0.1) is 0 Å². The molecule has 4 amide bonds. The number of carbonyl (C=O) groups is 2. The molecule has 8 heteroatoms. The number of hydrogen-bond acceptors (Lipinski definition) is 4. The summed E-state index contributed by atoms with van der Waals surface area (Å²) in [4.78, 5) is 30.6. The van der Waals surface area contributed by atoms with E-state index in [0.29, 0.717) is 36.3 Å². The molecule has 4 fully saturated rings. The summed E-state index contributed by atoms with van der Waals surface area (Å²) in [5.74, 6) is 1.58. The highest BCUT2D eigenvalue weighted by Crippen LogP contribution is 2.54. The Hall–Kier alpha value is -3.10. The van der Waals surface area contributed by atoms with Gasteiger partial charge >= 0.3 is 12.1 Å². The lowest BCUT2D eigenvalue weighted by molar-refractivity contribution is 0.185. The van der Waals surface area contributed by atoms with Crippen molar-refractivity contribution in [2.45, 2.75) is 158 Å². The van der Waals surface area contributed by atoms with Crippen molar-refractivity contribution in [3.05, 3.63) is 70.8 Å². The summed E-state index contributed by atoms with van der Waals surface area (Å²) in [5, 5.41) is 12.7. The fourth-order valence-corrected chi connectivity index (χ4v) is 11.4. The van der Waals surface area contributed by atoms with Gasteiger partial charge in [-0.05, 0) is 150 Å². The maximum absolute atomic E-state index is 12.5. The first-order chi connectivity index (χ1) is 26.1. The van der Waals surface area contributed by atoms with Crippen molar-refractivity contribution in [2.75, 3.05) is 26.2 Å². The van der Waals surface area contributed by atoms with Gasteiger partial charge in [0.1, 0.15) is 0 Å². The molecule has 2 saturated carbocycles. The van der Waals surface area contributed by atoms with Gasteiger partial charge in [0, 0.05) is 49.3 Å². The second-order valence-electron chi connectivity index (χ2n) is 17.5. The maximum Gasteiger partial charge on any atom is 0.315 e. The molecule has 4 N–H and O–H groups in total. The number of carbonyl (C=O) groups excluding carboxylic acids is 2. The first-order valence-electron chi connectivity index (χ1n) is 21.9. The SMILES string of the molecule is O=C(NCCCCCCCNC(=O)NC1CCC(CCN2[C@@H]3CC[C@H]2c2ccccc23)CC1)NC1CCC(CCN2C3CC[C@@H]2c2ccccc23)CC1. The largest absolute Gasteiger partial charge is 0.338 e. The van der Waals surface area contributed by atoms with Crippen LogP contribution in [0, 0.1) is 11.8 Å². The summed E-state index contributed by atoms with van der Waals surface area (Å²) < 4.78 is 0. The van der Waals surface area contributed by atoms with Crippen LogP contribution in [0.15, 0.2) is 48.5 Å². The summed E-state index contributed by atoms with van der Waals surface area (Å²) >= 11 is 0. The lowest BCUT2D eigenvalue weighted by atomic mass is 9.84. The molecule has 2 aromatic carbocycles. The van der Waals surface area contributed by atoms with Crippen LogP contribution in [-0.2, 0) is 0 Å². The van der Waals surface area contributed by atoms with Crippen LogP contribution in [0.1, 0.15) is 168 Å². The molecular formula is C45H66N6O2. The zero-order valence-electron chi connectivity index (χ0n) is 32.2. The second kappa shape index (κ2) is 17.6. The summed E-state index contributed by atoms with van der Waals surface area (Å²) in [7, 11) is 0. The predicted molar refractivity (Wildman–Crippen MR) is 213 cm³/mol. The van der Waals surface area contributed by atoms with E-state index >= 15 is 0 Å². The topological polar surface area (TPSA) is 88.7 Å². The molecule has 1 unspecified atom stereocenters. The third-order valence-corrected chi connectivity index (χ3v) is 14.3. The van der Waals surface area contributed by atoms with Crippen molar-refractivity contribution in [1.82, 2.24) is 31.1 Å². The quantitative estimate of drug-likeness (QED) is 0.130. The predicted octanol–water partition coefficient (Wildman–Crippen LogP) is 9.22. The number of rotatable bonds is 16. The van der Waals surface area contributed by atoms with Gasteiger partial charge in [-0.25, -0.2) is 9.59 Å². The zero-order valence-corrected chi connectivity index (χ0v) is 32.2. The number of amides is 4. The minimum atomic E-state index is 0.00341. The molecule has 4 heterocycles. The molecule has 8 nitrogen and oxygen atoms in total. The number of benzene rings is 2.